The van der Waals surface area contributed by atoms with Crippen LogP contribution >= 0.6 is 11.6 Å². The predicted molar refractivity (Wildman–Crippen MR) is 114 cm³/mol. The zero-order chi connectivity index (χ0) is 21.0. The van der Waals surface area contributed by atoms with Crippen molar-refractivity contribution in [2.45, 2.75) is 51.7 Å². The molecule has 0 spiro atoms. The molecule has 0 aliphatic carbocycles. The van der Waals surface area contributed by atoms with Gasteiger partial charge in [-0.05, 0) is 44.5 Å². The van der Waals surface area contributed by atoms with Gasteiger partial charge in [-0.15, -0.1) is 0 Å². The lowest BCUT2D eigenvalue weighted by molar-refractivity contribution is 0.0123. The number of halogens is 1. The molecule has 2 heterocycles. The van der Waals surface area contributed by atoms with Gasteiger partial charge in [0.15, 0.2) is 0 Å². The standard InChI is InChI=1S/C22H28ClN3O3/c1-22(2,3)29-21(27)26-12-10-17(11-13-26)28-20-9-8-18(24)19(25-20)14-15-4-6-16(23)7-5-15/h4-9,17H,10-14,24H2,1-3H3. The van der Waals surface area contributed by atoms with Crippen LogP contribution in [0, 0.1) is 0 Å². The Bertz CT molecular complexity index is 841. The van der Waals surface area contributed by atoms with Crippen LogP contribution < -0.4 is 10.5 Å². The van der Waals surface area contributed by atoms with E-state index in [9.17, 15) is 4.79 Å². The number of nitrogens with two attached hydrogens (primary N) is 1. The summed E-state index contributed by atoms with van der Waals surface area (Å²) in [6, 6.07) is 11.2. The maximum absolute atomic E-state index is 12.2. The molecule has 29 heavy (non-hydrogen) atoms. The summed E-state index contributed by atoms with van der Waals surface area (Å²) < 4.78 is 11.5. The van der Waals surface area contributed by atoms with E-state index in [1.807, 2.05) is 51.1 Å². The van der Waals surface area contributed by atoms with Crippen LogP contribution in [0.4, 0.5) is 10.5 Å². The Kier molecular flexibility index (Phi) is 6.52. The van der Waals surface area contributed by atoms with E-state index in [0.29, 0.717) is 36.1 Å². The van der Waals surface area contributed by atoms with Gasteiger partial charge in [-0.1, -0.05) is 23.7 Å². The molecule has 3 rings (SSSR count). The number of rotatable bonds is 4. The molecule has 1 amide bonds. The molecule has 1 aromatic heterocycles. The minimum atomic E-state index is -0.487. The molecule has 7 heteroatoms. The highest BCUT2D eigenvalue weighted by Gasteiger charge is 2.27. The van der Waals surface area contributed by atoms with Crippen LogP contribution in [-0.2, 0) is 11.2 Å². The van der Waals surface area contributed by atoms with Crippen molar-refractivity contribution in [2.75, 3.05) is 18.8 Å². The van der Waals surface area contributed by atoms with Gasteiger partial charge >= 0.3 is 6.09 Å². The summed E-state index contributed by atoms with van der Waals surface area (Å²) in [5, 5.41) is 0.699. The first-order valence-corrected chi connectivity index (χ1v) is 10.2. The zero-order valence-corrected chi connectivity index (χ0v) is 17.9. The molecule has 1 aromatic carbocycles. The number of pyridine rings is 1. The van der Waals surface area contributed by atoms with Gasteiger partial charge in [0.1, 0.15) is 11.7 Å². The number of amides is 1. The summed E-state index contributed by atoms with van der Waals surface area (Å²) in [7, 11) is 0. The van der Waals surface area contributed by atoms with Crippen molar-refractivity contribution in [3.8, 4) is 5.88 Å². The number of hydrogen-bond acceptors (Lipinski definition) is 5. The minimum Gasteiger partial charge on any atom is -0.474 e. The summed E-state index contributed by atoms with van der Waals surface area (Å²) in [4.78, 5) is 18.5. The number of carbonyl (C=O) groups excluding carboxylic acids is 1. The summed E-state index contributed by atoms with van der Waals surface area (Å²) >= 11 is 5.95. The zero-order valence-electron chi connectivity index (χ0n) is 17.2. The lowest BCUT2D eigenvalue weighted by Crippen LogP contribution is -2.44. The first-order valence-electron chi connectivity index (χ1n) is 9.84. The molecular weight excluding hydrogens is 390 g/mol. The fourth-order valence-electron chi connectivity index (χ4n) is 3.15. The van der Waals surface area contributed by atoms with E-state index in [2.05, 4.69) is 4.98 Å². The fraction of sp³-hybridized carbons (Fsp3) is 0.455. The second-order valence-corrected chi connectivity index (χ2v) is 8.71. The predicted octanol–water partition coefficient (Wildman–Crippen LogP) is 4.69. The Labute approximate surface area is 177 Å². The van der Waals surface area contributed by atoms with Crippen LogP contribution in [0.15, 0.2) is 36.4 Å². The average Bonchev–Trinajstić information content (AvgIpc) is 2.65. The number of hydrogen-bond donors (Lipinski definition) is 1. The van der Waals surface area contributed by atoms with Crippen molar-refractivity contribution in [1.82, 2.24) is 9.88 Å². The smallest absolute Gasteiger partial charge is 0.410 e. The first-order chi connectivity index (χ1) is 13.7. The number of piperidine rings is 1. The van der Waals surface area contributed by atoms with Gasteiger partial charge in [0.25, 0.3) is 0 Å². The Morgan fingerprint density at radius 2 is 1.83 bits per heavy atom. The molecule has 0 bridgehead atoms. The van der Waals surface area contributed by atoms with E-state index >= 15 is 0 Å². The van der Waals surface area contributed by atoms with E-state index in [0.717, 1.165) is 24.1 Å². The number of aromatic nitrogens is 1. The van der Waals surface area contributed by atoms with Crippen molar-refractivity contribution in [1.29, 1.82) is 0 Å². The number of benzene rings is 1. The molecule has 0 atom stereocenters. The maximum atomic E-state index is 12.2. The molecule has 1 fully saturated rings. The number of nitrogens with zero attached hydrogens (tertiary/aromatic N) is 2. The summed E-state index contributed by atoms with van der Waals surface area (Å²) in [5.74, 6) is 0.555. The highest BCUT2D eigenvalue weighted by atomic mass is 35.5. The summed E-state index contributed by atoms with van der Waals surface area (Å²) in [6.45, 7) is 6.82. The van der Waals surface area contributed by atoms with Crippen LogP contribution in [0.1, 0.15) is 44.9 Å². The second kappa shape index (κ2) is 8.91. The maximum Gasteiger partial charge on any atom is 0.410 e. The molecule has 1 aliphatic heterocycles. The Morgan fingerprint density at radius 1 is 1.17 bits per heavy atom. The van der Waals surface area contributed by atoms with Crippen LogP contribution in [0.25, 0.3) is 0 Å². The van der Waals surface area contributed by atoms with E-state index in [4.69, 9.17) is 26.8 Å². The van der Waals surface area contributed by atoms with E-state index in [1.165, 1.54) is 0 Å². The van der Waals surface area contributed by atoms with Gasteiger partial charge < -0.3 is 20.1 Å². The number of likely N-dealkylation sites (tertiary alicyclic amines) is 1. The second-order valence-electron chi connectivity index (χ2n) is 8.27. The molecule has 6 nitrogen and oxygen atoms in total. The third-order valence-corrected chi connectivity index (χ3v) is 4.90. The molecule has 0 unspecified atom stereocenters. The monoisotopic (exact) mass is 417 g/mol. The fourth-order valence-corrected chi connectivity index (χ4v) is 3.27. The van der Waals surface area contributed by atoms with Crippen LogP contribution in [-0.4, -0.2) is 40.8 Å². The van der Waals surface area contributed by atoms with Gasteiger partial charge in [-0.25, -0.2) is 9.78 Å². The van der Waals surface area contributed by atoms with E-state index in [-0.39, 0.29) is 12.2 Å². The molecule has 1 aliphatic rings. The molecule has 2 N–H and O–H groups in total. The first kappa shape index (κ1) is 21.2. The van der Waals surface area contributed by atoms with E-state index in [1.54, 1.807) is 11.0 Å². The molecule has 156 valence electrons. The highest BCUT2D eigenvalue weighted by molar-refractivity contribution is 6.30. The van der Waals surface area contributed by atoms with Gasteiger partial charge in [-0.2, -0.15) is 0 Å². The number of nitrogen functional groups attached to an aromatic ring is 1. The third kappa shape index (κ3) is 6.26. The lowest BCUT2D eigenvalue weighted by Gasteiger charge is -2.33. The molecule has 2 aromatic rings. The highest BCUT2D eigenvalue weighted by Crippen LogP contribution is 2.23. The van der Waals surface area contributed by atoms with Crippen molar-refractivity contribution in [3.05, 3.63) is 52.7 Å². The minimum absolute atomic E-state index is 0.00759. The Hall–Kier alpha value is -2.47. The van der Waals surface area contributed by atoms with E-state index < -0.39 is 5.60 Å². The van der Waals surface area contributed by atoms with Gasteiger partial charge in [-0.3, -0.25) is 0 Å². The van der Waals surface area contributed by atoms with Crippen LogP contribution in [0.3, 0.4) is 0 Å². The van der Waals surface area contributed by atoms with Crippen molar-refractivity contribution >= 4 is 23.4 Å². The van der Waals surface area contributed by atoms with Crippen LogP contribution in [0.2, 0.25) is 5.02 Å². The summed E-state index contributed by atoms with van der Waals surface area (Å²) in [6.07, 6.45) is 1.81. The molecular formula is C22H28ClN3O3. The lowest BCUT2D eigenvalue weighted by atomic mass is 10.1. The number of ether oxygens (including phenoxy) is 2. The van der Waals surface area contributed by atoms with Crippen molar-refractivity contribution in [3.63, 3.8) is 0 Å². The van der Waals surface area contributed by atoms with Gasteiger partial charge in [0, 0.05) is 43.4 Å². The quantitative estimate of drug-likeness (QED) is 0.780. The Balaban J connectivity index is 1.57. The number of carbonyl (C=O) groups is 1. The normalized spacial score (nSPS) is 15.2. The van der Waals surface area contributed by atoms with Gasteiger partial charge in [0.05, 0.1) is 11.4 Å². The topological polar surface area (TPSA) is 77.7 Å². The largest absolute Gasteiger partial charge is 0.474 e. The molecule has 0 radical (unpaired) electrons. The van der Waals surface area contributed by atoms with Crippen molar-refractivity contribution in [2.24, 2.45) is 0 Å². The number of anilines is 1. The van der Waals surface area contributed by atoms with Crippen molar-refractivity contribution < 1.29 is 14.3 Å². The third-order valence-electron chi connectivity index (χ3n) is 4.65. The molecule has 0 saturated carbocycles. The molecule has 1 saturated heterocycles. The average molecular weight is 418 g/mol. The Morgan fingerprint density at radius 3 is 2.45 bits per heavy atom. The summed E-state index contributed by atoms with van der Waals surface area (Å²) in [5.41, 5.74) is 8.10. The van der Waals surface area contributed by atoms with Crippen LogP contribution in [0.5, 0.6) is 5.88 Å². The van der Waals surface area contributed by atoms with Gasteiger partial charge in [0.2, 0.25) is 5.88 Å². The SMILES string of the molecule is CC(C)(C)OC(=O)N1CCC(Oc2ccc(N)c(Cc3ccc(Cl)cc3)n2)CC1.